The first kappa shape index (κ1) is 17.9. The van der Waals surface area contributed by atoms with Crippen LogP contribution < -0.4 is 5.32 Å². The molecule has 0 aromatic carbocycles. The van der Waals surface area contributed by atoms with E-state index in [4.69, 9.17) is 4.74 Å². The van der Waals surface area contributed by atoms with Crippen LogP contribution in [0.1, 0.15) is 48.0 Å². The van der Waals surface area contributed by atoms with E-state index in [1.807, 2.05) is 0 Å². The maximum absolute atomic E-state index is 5.79. The molecular formula is C17H36N2O. The number of piperazine rings is 1. The zero-order chi connectivity index (χ0) is 15.1. The molecule has 0 spiro atoms. The van der Waals surface area contributed by atoms with Crippen molar-refractivity contribution in [3.8, 4) is 0 Å². The lowest BCUT2D eigenvalue weighted by atomic mass is 9.92. The summed E-state index contributed by atoms with van der Waals surface area (Å²) >= 11 is 0. The zero-order valence-electron chi connectivity index (χ0n) is 14.5. The average molecular weight is 284 g/mol. The van der Waals surface area contributed by atoms with Crippen LogP contribution >= 0.6 is 0 Å². The van der Waals surface area contributed by atoms with Crippen LogP contribution in [0.5, 0.6) is 0 Å². The fraction of sp³-hybridized carbons (Fsp3) is 1.00. The van der Waals surface area contributed by atoms with E-state index in [1.165, 1.54) is 13.0 Å². The van der Waals surface area contributed by atoms with Gasteiger partial charge in [0.15, 0.2) is 0 Å². The van der Waals surface area contributed by atoms with Crippen molar-refractivity contribution in [3.63, 3.8) is 0 Å². The van der Waals surface area contributed by atoms with Gasteiger partial charge < -0.3 is 10.1 Å². The number of hydrogen-bond acceptors (Lipinski definition) is 3. The van der Waals surface area contributed by atoms with E-state index in [9.17, 15) is 0 Å². The maximum Gasteiger partial charge on any atom is 0.0593 e. The van der Waals surface area contributed by atoms with Crippen molar-refractivity contribution < 1.29 is 4.74 Å². The van der Waals surface area contributed by atoms with Crippen molar-refractivity contribution >= 4 is 0 Å². The maximum atomic E-state index is 5.79. The summed E-state index contributed by atoms with van der Waals surface area (Å²) in [5, 5.41) is 3.76. The van der Waals surface area contributed by atoms with Gasteiger partial charge in [0.25, 0.3) is 0 Å². The number of hydrogen-bond donors (Lipinski definition) is 1. The second-order valence-electron chi connectivity index (χ2n) is 7.18. The van der Waals surface area contributed by atoms with Gasteiger partial charge in [-0.05, 0) is 17.8 Å². The van der Waals surface area contributed by atoms with Gasteiger partial charge in [-0.15, -0.1) is 0 Å². The minimum Gasteiger partial charge on any atom is -0.380 e. The Hall–Kier alpha value is -0.120. The van der Waals surface area contributed by atoms with Gasteiger partial charge in [-0.2, -0.15) is 0 Å². The van der Waals surface area contributed by atoms with Crippen molar-refractivity contribution in [2.24, 2.45) is 17.8 Å². The minimum absolute atomic E-state index is 0.631. The van der Waals surface area contributed by atoms with Gasteiger partial charge in [0, 0.05) is 38.3 Å². The van der Waals surface area contributed by atoms with Gasteiger partial charge in [-0.25, -0.2) is 0 Å². The molecule has 1 aliphatic heterocycles. The van der Waals surface area contributed by atoms with E-state index in [2.05, 4.69) is 51.8 Å². The number of nitrogens with zero attached hydrogens (tertiary/aromatic N) is 1. The summed E-state index contributed by atoms with van der Waals surface area (Å²) in [6.45, 7) is 18.8. The third-order valence-corrected chi connectivity index (χ3v) is 4.56. The van der Waals surface area contributed by atoms with E-state index in [0.717, 1.165) is 32.2 Å². The minimum atomic E-state index is 0.631. The Morgan fingerprint density at radius 2 is 1.90 bits per heavy atom. The summed E-state index contributed by atoms with van der Waals surface area (Å²) in [4.78, 5) is 2.65. The molecule has 0 amide bonds. The van der Waals surface area contributed by atoms with Gasteiger partial charge in [0.2, 0.25) is 0 Å². The Balaban J connectivity index is 2.46. The number of ether oxygens (including phenoxy) is 1. The third-order valence-electron chi connectivity index (χ3n) is 4.56. The van der Waals surface area contributed by atoms with Crippen LogP contribution in [0.3, 0.4) is 0 Å². The lowest BCUT2D eigenvalue weighted by molar-refractivity contribution is 0.0354. The van der Waals surface area contributed by atoms with Gasteiger partial charge in [-0.3, -0.25) is 4.90 Å². The van der Waals surface area contributed by atoms with E-state index in [1.54, 1.807) is 0 Å². The highest BCUT2D eigenvalue weighted by Gasteiger charge is 2.31. The summed E-state index contributed by atoms with van der Waals surface area (Å²) < 4.78 is 5.79. The van der Waals surface area contributed by atoms with Gasteiger partial charge in [0.05, 0.1) is 6.61 Å². The molecule has 120 valence electrons. The summed E-state index contributed by atoms with van der Waals surface area (Å²) in [5.41, 5.74) is 0. The molecule has 0 aromatic heterocycles. The largest absolute Gasteiger partial charge is 0.380 e. The molecule has 1 saturated heterocycles. The molecule has 1 rings (SSSR count). The highest BCUT2D eigenvalue weighted by Crippen LogP contribution is 2.19. The van der Waals surface area contributed by atoms with Crippen molar-refractivity contribution in [1.29, 1.82) is 0 Å². The number of nitrogens with one attached hydrogen (secondary N) is 1. The monoisotopic (exact) mass is 284 g/mol. The average Bonchev–Trinajstić information content (AvgIpc) is 2.42. The fourth-order valence-corrected chi connectivity index (χ4v) is 2.93. The highest BCUT2D eigenvalue weighted by atomic mass is 16.5. The molecule has 0 aliphatic carbocycles. The van der Waals surface area contributed by atoms with E-state index in [-0.39, 0.29) is 0 Å². The molecule has 1 heterocycles. The van der Waals surface area contributed by atoms with Crippen molar-refractivity contribution in [1.82, 2.24) is 10.2 Å². The molecule has 0 aromatic rings. The zero-order valence-corrected chi connectivity index (χ0v) is 14.5. The Morgan fingerprint density at radius 3 is 2.45 bits per heavy atom. The van der Waals surface area contributed by atoms with E-state index < -0.39 is 0 Å². The van der Waals surface area contributed by atoms with Crippen molar-refractivity contribution in [2.45, 2.75) is 60.0 Å². The van der Waals surface area contributed by atoms with Crippen LogP contribution in [0.15, 0.2) is 0 Å². The standard InChI is InChI=1S/C17H36N2O/c1-7-15(6)16-11-19(8-9-20-12-13(2)3)17(10-18-16)14(4)5/h13-18H,7-12H2,1-6H3. The molecule has 0 saturated carbocycles. The molecule has 3 nitrogen and oxygen atoms in total. The molecule has 0 bridgehead atoms. The lowest BCUT2D eigenvalue weighted by Gasteiger charge is -2.44. The predicted octanol–water partition coefficient (Wildman–Crippen LogP) is 3.00. The fourth-order valence-electron chi connectivity index (χ4n) is 2.93. The Morgan fingerprint density at radius 1 is 1.20 bits per heavy atom. The Kier molecular flexibility index (Phi) is 8.08. The molecule has 1 N–H and O–H groups in total. The smallest absolute Gasteiger partial charge is 0.0593 e. The first-order valence-electron chi connectivity index (χ1n) is 8.50. The second-order valence-corrected chi connectivity index (χ2v) is 7.18. The first-order chi connectivity index (χ1) is 9.45. The van der Waals surface area contributed by atoms with Crippen molar-refractivity contribution in [2.75, 3.05) is 32.8 Å². The highest BCUT2D eigenvalue weighted by molar-refractivity contribution is 4.89. The molecule has 3 heteroatoms. The van der Waals surface area contributed by atoms with Gasteiger partial charge in [0.1, 0.15) is 0 Å². The Labute approximate surface area is 126 Å². The van der Waals surface area contributed by atoms with Crippen LogP contribution in [0, 0.1) is 17.8 Å². The lowest BCUT2D eigenvalue weighted by Crippen LogP contribution is -2.60. The molecule has 1 fully saturated rings. The topological polar surface area (TPSA) is 24.5 Å². The molecule has 3 atom stereocenters. The quantitative estimate of drug-likeness (QED) is 0.694. The van der Waals surface area contributed by atoms with Gasteiger partial charge in [-0.1, -0.05) is 48.0 Å². The summed E-state index contributed by atoms with van der Waals surface area (Å²) in [6, 6.07) is 1.29. The first-order valence-corrected chi connectivity index (χ1v) is 8.50. The van der Waals surface area contributed by atoms with E-state index >= 15 is 0 Å². The van der Waals surface area contributed by atoms with E-state index in [0.29, 0.717) is 23.9 Å². The van der Waals surface area contributed by atoms with Crippen LogP contribution in [0.2, 0.25) is 0 Å². The number of rotatable bonds is 8. The molecular weight excluding hydrogens is 248 g/mol. The van der Waals surface area contributed by atoms with Crippen LogP contribution in [0.4, 0.5) is 0 Å². The summed E-state index contributed by atoms with van der Waals surface area (Å²) in [5.74, 6) is 2.08. The summed E-state index contributed by atoms with van der Waals surface area (Å²) in [7, 11) is 0. The van der Waals surface area contributed by atoms with Crippen LogP contribution in [-0.4, -0.2) is 49.8 Å². The Bertz CT molecular complexity index is 255. The molecule has 3 unspecified atom stereocenters. The molecule has 0 radical (unpaired) electrons. The van der Waals surface area contributed by atoms with Gasteiger partial charge >= 0.3 is 0 Å². The van der Waals surface area contributed by atoms with Crippen LogP contribution in [0.25, 0.3) is 0 Å². The molecule has 20 heavy (non-hydrogen) atoms. The SMILES string of the molecule is CCC(C)C1CN(CCOCC(C)C)C(C(C)C)CN1. The molecule has 1 aliphatic rings. The van der Waals surface area contributed by atoms with Crippen LogP contribution in [-0.2, 0) is 4.74 Å². The normalized spacial score (nSPS) is 26.4. The second kappa shape index (κ2) is 9.01. The predicted molar refractivity (Wildman–Crippen MR) is 87.1 cm³/mol. The van der Waals surface area contributed by atoms with Crippen molar-refractivity contribution in [3.05, 3.63) is 0 Å². The summed E-state index contributed by atoms with van der Waals surface area (Å²) in [6.07, 6.45) is 1.25. The third kappa shape index (κ3) is 5.71.